The fourth-order valence-electron chi connectivity index (χ4n) is 1.45. The predicted octanol–water partition coefficient (Wildman–Crippen LogP) is 3.57. The molecular weight excluding hydrogens is 240 g/mol. The van der Waals surface area contributed by atoms with Gasteiger partial charge in [0.2, 0.25) is 0 Å². The number of hydrogen-bond acceptors (Lipinski definition) is 2. The molecule has 0 saturated heterocycles. The summed E-state index contributed by atoms with van der Waals surface area (Å²) >= 11 is 1.18. The number of rotatable bonds is 3. The van der Waals surface area contributed by atoms with Crippen molar-refractivity contribution in [1.29, 1.82) is 0 Å². The number of nitrogens with two attached hydrogens (primary N) is 1. The Balaban J connectivity index is 2.34. The molecule has 1 nitrogen and oxygen atoms in total. The van der Waals surface area contributed by atoms with Crippen molar-refractivity contribution in [1.82, 2.24) is 0 Å². The minimum Gasteiger partial charge on any atom is -0.326 e. The zero-order valence-electron chi connectivity index (χ0n) is 8.99. The van der Waals surface area contributed by atoms with E-state index in [0.29, 0.717) is 6.54 Å². The molecule has 2 rings (SSSR count). The SMILES string of the molecule is NCc1ccccc1Sc1cc(F)ccc1F. The van der Waals surface area contributed by atoms with Gasteiger partial charge in [0.15, 0.2) is 0 Å². The standard InChI is InChI=1S/C13H11F2NS/c14-10-5-6-11(15)13(7-10)17-12-4-2-1-3-9(12)8-16/h1-7H,8,16H2. The van der Waals surface area contributed by atoms with Crippen LogP contribution in [0.2, 0.25) is 0 Å². The summed E-state index contributed by atoms with van der Waals surface area (Å²) in [5, 5.41) is 0. The highest BCUT2D eigenvalue weighted by atomic mass is 32.2. The minimum absolute atomic E-state index is 0.269. The van der Waals surface area contributed by atoms with Gasteiger partial charge in [0.25, 0.3) is 0 Å². The Labute approximate surface area is 103 Å². The van der Waals surface area contributed by atoms with E-state index < -0.39 is 11.6 Å². The molecule has 88 valence electrons. The smallest absolute Gasteiger partial charge is 0.137 e. The van der Waals surface area contributed by atoms with Crippen LogP contribution in [0.25, 0.3) is 0 Å². The van der Waals surface area contributed by atoms with E-state index in [-0.39, 0.29) is 4.90 Å². The average molecular weight is 251 g/mol. The second-order valence-corrected chi connectivity index (χ2v) is 4.57. The molecule has 2 aromatic rings. The summed E-state index contributed by atoms with van der Waals surface area (Å²) in [4.78, 5) is 1.12. The van der Waals surface area contributed by atoms with Crippen molar-refractivity contribution in [2.24, 2.45) is 5.73 Å². The summed E-state index contributed by atoms with van der Waals surface area (Å²) in [5.74, 6) is -0.873. The molecule has 0 radical (unpaired) electrons. The van der Waals surface area contributed by atoms with Crippen LogP contribution in [0, 0.1) is 11.6 Å². The molecule has 4 heteroatoms. The van der Waals surface area contributed by atoms with E-state index in [2.05, 4.69) is 0 Å². The van der Waals surface area contributed by atoms with E-state index in [9.17, 15) is 8.78 Å². The minimum atomic E-state index is -0.445. The maximum absolute atomic E-state index is 13.5. The normalized spacial score (nSPS) is 10.5. The van der Waals surface area contributed by atoms with Gasteiger partial charge in [-0.3, -0.25) is 0 Å². The van der Waals surface area contributed by atoms with Gasteiger partial charge >= 0.3 is 0 Å². The van der Waals surface area contributed by atoms with Crippen molar-refractivity contribution in [3.05, 3.63) is 59.7 Å². The first-order valence-electron chi connectivity index (χ1n) is 5.11. The zero-order valence-corrected chi connectivity index (χ0v) is 9.81. The van der Waals surface area contributed by atoms with Crippen LogP contribution < -0.4 is 5.73 Å². The fraction of sp³-hybridized carbons (Fsp3) is 0.0769. The monoisotopic (exact) mass is 251 g/mol. The molecule has 0 bridgehead atoms. The lowest BCUT2D eigenvalue weighted by molar-refractivity contribution is 0.577. The summed E-state index contributed by atoms with van der Waals surface area (Å²) < 4.78 is 26.5. The Kier molecular flexibility index (Phi) is 3.76. The van der Waals surface area contributed by atoms with E-state index in [1.807, 2.05) is 24.3 Å². The first-order chi connectivity index (χ1) is 8.20. The van der Waals surface area contributed by atoms with Gasteiger partial charge in [-0.25, -0.2) is 8.78 Å². The van der Waals surface area contributed by atoms with Crippen LogP contribution in [-0.2, 0) is 6.54 Å². The lowest BCUT2D eigenvalue weighted by atomic mass is 10.2. The first-order valence-corrected chi connectivity index (χ1v) is 5.93. The topological polar surface area (TPSA) is 26.0 Å². The molecule has 0 heterocycles. The van der Waals surface area contributed by atoms with E-state index in [4.69, 9.17) is 5.73 Å². The van der Waals surface area contributed by atoms with Crippen LogP contribution in [0.5, 0.6) is 0 Å². The second kappa shape index (κ2) is 5.29. The summed E-state index contributed by atoms with van der Waals surface area (Å²) in [6.45, 7) is 0.375. The van der Waals surface area contributed by atoms with Crippen molar-refractivity contribution in [3.8, 4) is 0 Å². The summed E-state index contributed by atoms with van der Waals surface area (Å²) in [7, 11) is 0. The van der Waals surface area contributed by atoms with Crippen molar-refractivity contribution >= 4 is 11.8 Å². The van der Waals surface area contributed by atoms with Crippen LogP contribution >= 0.6 is 11.8 Å². The van der Waals surface area contributed by atoms with Crippen LogP contribution in [0.3, 0.4) is 0 Å². The molecular formula is C13H11F2NS. The van der Waals surface area contributed by atoms with Crippen LogP contribution in [0.4, 0.5) is 8.78 Å². The van der Waals surface area contributed by atoms with Gasteiger partial charge in [0, 0.05) is 11.4 Å². The molecule has 0 aliphatic heterocycles. The van der Waals surface area contributed by atoms with E-state index in [1.165, 1.54) is 17.8 Å². The van der Waals surface area contributed by atoms with E-state index in [0.717, 1.165) is 22.6 Å². The van der Waals surface area contributed by atoms with Gasteiger partial charge < -0.3 is 5.73 Å². The molecule has 0 fully saturated rings. The highest BCUT2D eigenvalue weighted by molar-refractivity contribution is 7.99. The number of halogens is 2. The Morgan fingerprint density at radius 3 is 2.53 bits per heavy atom. The maximum atomic E-state index is 13.5. The molecule has 0 spiro atoms. The average Bonchev–Trinajstić information content (AvgIpc) is 2.34. The third-order valence-corrected chi connectivity index (χ3v) is 3.46. The maximum Gasteiger partial charge on any atom is 0.137 e. The molecule has 2 N–H and O–H groups in total. The van der Waals surface area contributed by atoms with Crippen molar-refractivity contribution in [2.45, 2.75) is 16.3 Å². The predicted molar refractivity (Wildman–Crippen MR) is 64.8 cm³/mol. The van der Waals surface area contributed by atoms with Gasteiger partial charge in [-0.05, 0) is 29.8 Å². The molecule has 0 amide bonds. The molecule has 0 aliphatic carbocycles. The first kappa shape index (κ1) is 12.1. The van der Waals surface area contributed by atoms with Gasteiger partial charge in [-0.15, -0.1) is 0 Å². The lowest BCUT2D eigenvalue weighted by Crippen LogP contribution is -1.98. The van der Waals surface area contributed by atoms with Gasteiger partial charge in [0.05, 0.1) is 4.90 Å². The van der Waals surface area contributed by atoms with Crippen LogP contribution in [0.15, 0.2) is 52.3 Å². The Morgan fingerprint density at radius 2 is 1.76 bits per heavy atom. The number of benzene rings is 2. The van der Waals surface area contributed by atoms with Crippen LogP contribution in [-0.4, -0.2) is 0 Å². The van der Waals surface area contributed by atoms with Gasteiger partial charge in [-0.1, -0.05) is 30.0 Å². The Bertz CT molecular complexity index is 529. The molecule has 0 saturated carbocycles. The zero-order chi connectivity index (χ0) is 12.3. The fourth-order valence-corrected chi connectivity index (χ4v) is 2.45. The Hall–Kier alpha value is -1.39. The molecule has 0 atom stereocenters. The van der Waals surface area contributed by atoms with Gasteiger partial charge in [-0.2, -0.15) is 0 Å². The van der Waals surface area contributed by atoms with Gasteiger partial charge in [0.1, 0.15) is 11.6 Å². The molecule has 2 aromatic carbocycles. The molecule has 0 unspecified atom stereocenters. The lowest BCUT2D eigenvalue weighted by Gasteiger charge is -2.07. The quantitative estimate of drug-likeness (QED) is 0.902. The third-order valence-electron chi connectivity index (χ3n) is 2.31. The number of hydrogen-bond donors (Lipinski definition) is 1. The van der Waals surface area contributed by atoms with Crippen molar-refractivity contribution in [2.75, 3.05) is 0 Å². The highest BCUT2D eigenvalue weighted by Crippen LogP contribution is 2.32. The van der Waals surface area contributed by atoms with Crippen molar-refractivity contribution < 1.29 is 8.78 Å². The highest BCUT2D eigenvalue weighted by Gasteiger charge is 2.08. The van der Waals surface area contributed by atoms with Crippen molar-refractivity contribution in [3.63, 3.8) is 0 Å². The third kappa shape index (κ3) is 2.84. The molecule has 0 aromatic heterocycles. The molecule has 17 heavy (non-hydrogen) atoms. The summed E-state index contributed by atoms with van der Waals surface area (Å²) in [6.07, 6.45) is 0. The second-order valence-electron chi connectivity index (χ2n) is 3.49. The van der Waals surface area contributed by atoms with Crippen LogP contribution in [0.1, 0.15) is 5.56 Å². The largest absolute Gasteiger partial charge is 0.326 e. The molecule has 0 aliphatic rings. The summed E-state index contributed by atoms with van der Waals surface area (Å²) in [5.41, 5.74) is 6.51. The van der Waals surface area contributed by atoms with E-state index >= 15 is 0 Å². The Morgan fingerprint density at radius 1 is 1.00 bits per heavy atom. The summed E-state index contributed by atoms with van der Waals surface area (Å²) in [6, 6.07) is 10.9. The van der Waals surface area contributed by atoms with E-state index in [1.54, 1.807) is 0 Å².